The summed E-state index contributed by atoms with van der Waals surface area (Å²) in [6.07, 6.45) is 8.14. The van der Waals surface area contributed by atoms with Crippen molar-refractivity contribution in [3.8, 4) is 0 Å². The van der Waals surface area contributed by atoms with E-state index >= 15 is 0 Å². The van der Waals surface area contributed by atoms with Gasteiger partial charge < -0.3 is 15.5 Å². The van der Waals surface area contributed by atoms with Gasteiger partial charge in [0, 0.05) is 32.2 Å². The van der Waals surface area contributed by atoms with E-state index in [-0.39, 0.29) is 6.03 Å². The lowest BCUT2D eigenvalue weighted by molar-refractivity contribution is 0.216. The first-order valence-electron chi connectivity index (χ1n) is 6.62. The lowest BCUT2D eigenvalue weighted by Crippen LogP contribution is -2.38. The van der Waals surface area contributed by atoms with E-state index < -0.39 is 0 Å². The second-order valence-electron chi connectivity index (χ2n) is 4.86. The smallest absolute Gasteiger partial charge is 0.317 e. The van der Waals surface area contributed by atoms with E-state index in [1.54, 1.807) is 0 Å². The number of urea groups is 1. The number of carbonyl (C=O) groups is 1. The molecule has 1 saturated carbocycles. The van der Waals surface area contributed by atoms with Crippen molar-refractivity contribution in [2.24, 2.45) is 0 Å². The molecule has 0 aromatic carbocycles. The van der Waals surface area contributed by atoms with Crippen molar-refractivity contribution in [3.05, 3.63) is 0 Å². The van der Waals surface area contributed by atoms with Crippen molar-refractivity contribution < 1.29 is 4.79 Å². The zero-order chi connectivity index (χ0) is 11.2. The average Bonchev–Trinajstić information content (AvgIpc) is 2.55. The molecule has 2 fully saturated rings. The van der Waals surface area contributed by atoms with Crippen LogP contribution in [0.2, 0.25) is 0 Å². The standard InChI is InChI=1S/C12H23N3O/c16-12-14-8-10-15(12)9-7-13-11-5-3-1-2-4-6-11/h11,13H,1-10H2,(H,14,16). The number of rotatable bonds is 4. The molecule has 0 aromatic rings. The Morgan fingerprint density at radius 1 is 1.25 bits per heavy atom. The average molecular weight is 225 g/mol. The normalized spacial score (nSPS) is 23.2. The van der Waals surface area contributed by atoms with Crippen LogP contribution in [0.25, 0.3) is 0 Å². The minimum atomic E-state index is 0.0997. The summed E-state index contributed by atoms with van der Waals surface area (Å²) in [5.74, 6) is 0. The SMILES string of the molecule is O=C1NCCN1CCNC1CCCCCC1. The molecular weight excluding hydrogens is 202 g/mol. The van der Waals surface area contributed by atoms with Crippen LogP contribution >= 0.6 is 0 Å². The molecule has 0 radical (unpaired) electrons. The third-order valence-electron chi connectivity index (χ3n) is 3.62. The van der Waals surface area contributed by atoms with Crippen LogP contribution in [-0.4, -0.2) is 43.2 Å². The first kappa shape index (κ1) is 11.7. The Bertz CT molecular complexity index is 224. The Labute approximate surface area is 97.8 Å². The van der Waals surface area contributed by atoms with Gasteiger partial charge in [0.2, 0.25) is 0 Å². The van der Waals surface area contributed by atoms with Gasteiger partial charge in [-0.25, -0.2) is 4.79 Å². The number of nitrogens with zero attached hydrogens (tertiary/aromatic N) is 1. The lowest BCUT2D eigenvalue weighted by Gasteiger charge is -2.19. The fourth-order valence-corrected chi connectivity index (χ4v) is 2.61. The predicted molar refractivity (Wildman–Crippen MR) is 64.5 cm³/mol. The molecule has 0 aromatic heterocycles. The third kappa shape index (κ3) is 3.37. The van der Waals surface area contributed by atoms with Gasteiger partial charge in [-0.2, -0.15) is 0 Å². The van der Waals surface area contributed by atoms with Crippen LogP contribution in [0.1, 0.15) is 38.5 Å². The van der Waals surface area contributed by atoms with Crippen molar-refractivity contribution >= 4 is 6.03 Å². The van der Waals surface area contributed by atoms with E-state index in [0.29, 0.717) is 6.04 Å². The maximum absolute atomic E-state index is 11.3. The van der Waals surface area contributed by atoms with Crippen LogP contribution in [0.4, 0.5) is 4.79 Å². The molecule has 0 bridgehead atoms. The van der Waals surface area contributed by atoms with Crippen LogP contribution in [0.3, 0.4) is 0 Å². The molecule has 1 aliphatic heterocycles. The maximum Gasteiger partial charge on any atom is 0.317 e. The molecule has 4 heteroatoms. The summed E-state index contributed by atoms with van der Waals surface area (Å²) in [5, 5.41) is 6.41. The van der Waals surface area contributed by atoms with Crippen molar-refractivity contribution in [1.82, 2.24) is 15.5 Å². The van der Waals surface area contributed by atoms with Gasteiger partial charge in [-0.1, -0.05) is 25.7 Å². The Kier molecular flexibility index (Phi) is 4.45. The molecule has 2 amide bonds. The number of nitrogens with one attached hydrogen (secondary N) is 2. The minimum Gasteiger partial charge on any atom is -0.336 e. The molecule has 0 atom stereocenters. The van der Waals surface area contributed by atoms with E-state index in [4.69, 9.17) is 0 Å². The zero-order valence-corrected chi connectivity index (χ0v) is 10.0. The largest absolute Gasteiger partial charge is 0.336 e. The second-order valence-corrected chi connectivity index (χ2v) is 4.86. The summed E-state index contributed by atoms with van der Waals surface area (Å²) in [4.78, 5) is 13.2. The van der Waals surface area contributed by atoms with Gasteiger partial charge in [-0.05, 0) is 12.8 Å². The highest BCUT2D eigenvalue weighted by Crippen LogP contribution is 2.16. The molecule has 1 saturated heterocycles. The molecule has 92 valence electrons. The van der Waals surface area contributed by atoms with E-state index in [9.17, 15) is 4.79 Å². The van der Waals surface area contributed by atoms with Gasteiger partial charge >= 0.3 is 6.03 Å². The summed E-state index contributed by atoms with van der Waals surface area (Å²) < 4.78 is 0. The second kappa shape index (κ2) is 6.09. The third-order valence-corrected chi connectivity index (χ3v) is 3.62. The number of hydrogen-bond acceptors (Lipinski definition) is 2. The van der Waals surface area contributed by atoms with Crippen LogP contribution in [0.5, 0.6) is 0 Å². The Morgan fingerprint density at radius 3 is 2.62 bits per heavy atom. The summed E-state index contributed by atoms with van der Waals surface area (Å²) in [6.45, 7) is 3.47. The van der Waals surface area contributed by atoms with Gasteiger partial charge in [0.05, 0.1) is 0 Å². The number of amides is 2. The van der Waals surface area contributed by atoms with E-state index in [1.165, 1.54) is 38.5 Å². The summed E-state index contributed by atoms with van der Waals surface area (Å²) in [7, 11) is 0. The maximum atomic E-state index is 11.3. The zero-order valence-electron chi connectivity index (χ0n) is 10.0. The molecule has 16 heavy (non-hydrogen) atoms. The first-order chi connectivity index (χ1) is 7.86. The van der Waals surface area contributed by atoms with Crippen molar-refractivity contribution in [2.45, 2.75) is 44.6 Å². The lowest BCUT2D eigenvalue weighted by atomic mass is 10.1. The van der Waals surface area contributed by atoms with Gasteiger partial charge in [0.1, 0.15) is 0 Å². The van der Waals surface area contributed by atoms with Crippen LogP contribution < -0.4 is 10.6 Å². The molecule has 4 nitrogen and oxygen atoms in total. The van der Waals surface area contributed by atoms with Crippen molar-refractivity contribution in [1.29, 1.82) is 0 Å². The quantitative estimate of drug-likeness (QED) is 0.709. The molecule has 2 rings (SSSR count). The van der Waals surface area contributed by atoms with Gasteiger partial charge in [0.15, 0.2) is 0 Å². The van der Waals surface area contributed by atoms with Crippen molar-refractivity contribution in [2.75, 3.05) is 26.2 Å². The molecule has 1 aliphatic carbocycles. The molecule has 2 aliphatic rings. The first-order valence-corrected chi connectivity index (χ1v) is 6.62. The fraction of sp³-hybridized carbons (Fsp3) is 0.917. The van der Waals surface area contributed by atoms with Crippen LogP contribution in [0.15, 0.2) is 0 Å². The molecule has 2 N–H and O–H groups in total. The minimum absolute atomic E-state index is 0.0997. The molecular formula is C12H23N3O. The number of hydrogen-bond donors (Lipinski definition) is 2. The molecule has 0 spiro atoms. The van der Waals surface area contributed by atoms with E-state index in [2.05, 4.69) is 10.6 Å². The Balaban J connectivity index is 1.61. The van der Waals surface area contributed by atoms with Gasteiger partial charge in [-0.3, -0.25) is 0 Å². The Morgan fingerprint density at radius 2 is 2.00 bits per heavy atom. The summed E-state index contributed by atoms with van der Waals surface area (Å²) in [5.41, 5.74) is 0. The fourth-order valence-electron chi connectivity index (χ4n) is 2.61. The van der Waals surface area contributed by atoms with E-state index in [1.807, 2.05) is 4.90 Å². The van der Waals surface area contributed by atoms with E-state index in [0.717, 1.165) is 26.2 Å². The topological polar surface area (TPSA) is 44.4 Å². The predicted octanol–water partition coefficient (Wildman–Crippen LogP) is 1.32. The van der Waals surface area contributed by atoms with Gasteiger partial charge in [0.25, 0.3) is 0 Å². The summed E-state index contributed by atoms with van der Waals surface area (Å²) >= 11 is 0. The number of carbonyl (C=O) groups excluding carboxylic acids is 1. The van der Waals surface area contributed by atoms with Crippen LogP contribution in [-0.2, 0) is 0 Å². The van der Waals surface area contributed by atoms with Crippen LogP contribution in [0, 0.1) is 0 Å². The summed E-state index contributed by atoms with van der Waals surface area (Å²) in [6, 6.07) is 0.788. The molecule has 0 unspecified atom stereocenters. The molecule has 1 heterocycles. The highest BCUT2D eigenvalue weighted by Gasteiger charge is 2.19. The Hall–Kier alpha value is -0.770. The highest BCUT2D eigenvalue weighted by atomic mass is 16.2. The van der Waals surface area contributed by atoms with Crippen molar-refractivity contribution in [3.63, 3.8) is 0 Å². The highest BCUT2D eigenvalue weighted by molar-refractivity contribution is 5.76. The monoisotopic (exact) mass is 225 g/mol. The van der Waals surface area contributed by atoms with Gasteiger partial charge in [-0.15, -0.1) is 0 Å².